The van der Waals surface area contributed by atoms with Crippen LogP contribution in [0.15, 0.2) is 0 Å². The van der Waals surface area contributed by atoms with Crippen molar-refractivity contribution in [2.45, 2.75) is 57.2 Å². The summed E-state index contributed by atoms with van der Waals surface area (Å²) in [5.41, 5.74) is 0. The number of carbonyl (C=O) groups is 1. The highest BCUT2D eigenvalue weighted by molar-refractivity contribution is 9.10. The molecule has 0 aromatic carbocycles. The maximum Gasteiger partial charge on any atom is 0.236 e. The molecule has 1 aliphatic heterocycles. The van der Waals surface area contributed by atoms with Crippen molar-refractivity contribution in [1.29, 1.82) is 0 Å². The van der Waals surface area contributed by atoms with E-state index in [9.17, 15) is 4.79 Å². The molecule has 0 aliphatic carbocycles. The van der Waals surface area contributed by atoms with E-state index in [2.05, 4.69) is 29.8 Å². The summed E-state index contributed by atoms with van der Waals surface area (Å²) >= 11 is 3.40. The van der Waals surface area contributed by atoms with Crippen molar-refractivity contribution in [3.8, 4) is 0 Å². The fourth-order valence-corrected chi connectivity index (χ4v) is 2.63. The molecule has 0 aromatic heterocycles. The molecule has 1 unspecified atom stereocenters. The topological polar surface area (TPSA) is 20.3 Å². The molecule has 1 aliphatic rings. The van der Waals surface area contributed by atoms with E-state index in [1.807, 2.05) is 4.90 Å². The molecule has 1 atom stereocenters. The van der Waals surface area contributed by atoms with E-state index >= 15 is 0 Å². The largest absolute Gasteiger partial charge is 0.342 e. The monoisotopic (exact) mass is 289 g/mol. The molecule has 0 spiro atoms. The van der Waals surface area contributed by atoms with Crippen molar-refractivity contribution >= 4 is 21.8 Å². The molecule has 0 bridgehead atoms. The Morgan fingerprint density at radius 1 is 1.31 bits per heavy atom. The van der Waals surface area contributed by atoms with E-state index < -0.39 is 0 Å². The van der Waals surface area contributed by atoms with Crippen LogP contribution in [0.25, 0.3) is 0 Å². The summed E-state index contributed by atoms with van der Waals surface area (Å²) in [6.07, 6.45) is 7.41. The summed E-state index contributed by atoms with van der Waals surface area (Å²) < 4.78 is 0. The lowest BCUT2D eigenvalue weighted by atomic mass is 10.0. The van der Waals surface area contributed by atoms with Gasteiger partial charge >= 0.3 is 0 Å². The zero-order valence-corrected chi connectivity index (χ0v) is 12.1. The molecule has 0 aromatic rings. The van der Waals surface area contributed by atoms with Gasteiger partial charge in [0, 0.05) is 13.1 Å². The molecular weight excluding hydrogens is 266 g/mol. The second-order valence-corrected chi connectivity index (χ2v) is 6.28. The predicted octanol–water partition coefficient (Wildman–Crippen LogP) is 3.59. The normalized spacial score (nSPS) is 21.1. The first-order valence-electron chi connectivity index (χ1n) is 6.54. The van der Waals surface area contributed by atoms with Crippen LogP contribution in [0, 0.1) is 5.92 Å². The summed E-state index contributed by atoms with van der Waals surface area (Å²) in [5.74, 6) is 1.12. The van der Waals surface area contributed by atoms with Gasteiger partial charge in [0.05, 0.1) is 4.83 Å². The Balaban J connectivity index is 1.97. The van der Waals surface area contributed by atoms with Crippen LogP contribution in [0.1, 0.15) is 52.4 Å². The average molecular weight is 290 g/mol. The highest BCUT2D eigenvalue weighted by atomic mass is 79.9. The smallest absolute Gasteiger partial charge is 0.236 e. The molecule has 1 rings (SSSR count). The quantitative estimate of drug-likeness (QED) is 0.518. The molecule has 16 heavy (non-hydrogen) atoms. The number of unbranched alkanes of at least 4 members (excludes halogenated alkanes) is 3. The van der Waals surface area contributed by atoms with E-state index in [4.69, 9.17) is 0 Å². The van der Waals surface area contributed by atoms with Gasteiger partial charge in [0.1, 0.15) is 0 Å². The van der Waals surface area contributed by atoms with Crippen LogP contribution < -0.4 is 0 Å². The van der Waals surface area contributed by atoms with Gasteiger partial charge in [-0.2, -0.15) is 0 Å². The van der Waals surface area contributed by atoms with Gasteiger partial charge in [0.2, 0.25) is 5.91 Å². The Morgan fingerprint density at radius 2 is 2.00 bits per heavy atom. The van der Waals surface area contributed by atoms with Gasteiger partial charge in [0.15, 0.2) is 0 Å². The van der Waals surface area contributed by atoms with Gasteiger partial charge < -0.3 is 4.90 Å². The van der Waals surface area contributed by atoms with Crippen molar-refractivity contribution in [3.63, 3.8) is 0 Å². The van der Waals surface area contributed by atoms with Gasteiger partial charge in [-0.25, -0.2) is 0 Å². The van der Waals surface area contributed by atoms with Gasteiger partial charge in [-0.05, 0) is 18.8 Å². The Bertz CT molecular complexity index is 218. The van der Waals surface area contributed by atoms with Crippen LogP contribution in [-0.2, 0) is 4.79 Å². The summed E-state index contributed by atoms with van der Waals surface area (Å²) in [7, 11) is 0. The third-order valence-corrected chi connectivity index (χ3v) is 4.04. The van der Waals surface area contributed by atoms with Crippen LogP contribution >= 0.6 is 15.9 Å². The number of hydrogen-bond acceptors (Lipinski definition) is 1. The lowest BCUT2D eigenvalue weighted by Crippen LogP contribution is -2.28. The number of carbonyl (C=O) groups excluding carboxylic acids is 1. The first-order valence-corrected chi connectivity index (χ1v) is 7.45. The lowest BCUT2D eigenvalue weighted by molar-refractivity contribution is -0.127. The molecule has 0 radical (unpaired) electrons. The van der Waals surface area contributed by atoms with Gasteiger partial charge in [-0.3, -0.25) is 4.79 Å². The minimum Gasteiger partial charge on any atom is -0.342 e. The standard InChI is InChI=1S/C13H24BrNO/c1-11(2)7-5-3-4-6-9-15-10-8-12(14)13(15)16/h11-12H,3-10H2,1-2H3. The molecule has 3 heteroatoms. The molecule has 94 valence electrons. The zero-order valence-electron chi connectivity index (χ0n) is 10.5. The highest BCUT2D eigenvalue weighted by Gasteiger charge is 2.28. The van der Waals surface area contributed by atoms with E-state index in [1.165, 1.54) is 32.1 Å². The fraction of sp³-hybridized carbons (Fsp3) is 0.923. The average Bonchev–Trinajstić information content (AvgIpc) is 2.54. The maximum atomic E-state index is 11.6. The van der Waals surface area contributed by atoms with E-state index in [1.54, 1.807) is 0 Å². The second-order valence-electron chi connectivity index (χ2n) is 5.18. The van der Waals surface area contributed by atoms with Gasteiger partial charge in [0.25, 0.3) is 0 Å². The molecule has 0 N–H and O–H groups in total. The Kier molecular flexibility index (Phi) is 6.40. The number of likely N-dealkylation sites (tertiary alicyclic amines) is 1. The maximum absolute atomic E-state index is 11.6. The number of alkyl halides is 1. The van der Waals surface area contributed by atoms with Crippen LogP contribution in [0.4, 0.5) is 0 Å². The van der Waals surface area contributed by atoms with Crippen molar-refractivity contribution in [2.75, 3.05) is 13.1 Å². The second kappa shape index (κ2) is 7.31. The van der Waals surface area contributed by atoms with Crippen molar-refractivity contribution in [2.24, 2.45) is 5.92 Å². The third kappa shape index (κ3) is 4.86. The minimum atomic E-state index is 0.0911. The molecule has 1 amide bonds. The SMILES string of the molecule is CC(C)CCCCCCN1CCC(Br)C1=O. The molecular formula is C13H24BrNO. The van der Waals surface area contributed by atoms with Crippen LogP contribution in [-0.4, -0.2) is 28.7 Å². The first-order chi connectivity index (χ1) is 7.61. The summed E-state index contributed by atoms with van der Waals surface area (Å²) in [5, 5.41) is 0. The number of nitrogens with zero attached hydrogens (tertiary/aromatic N) is 1. The number of amides is 1. The van der Waals surface area contributed by atoms with Crippen molar-refractivity contribution in [3.05, 3.63) is 0 Å². The van der Waals surface area contributed by atoms with E-state index in [0.717, 1.165) is 25.4 Å². The van der Waals surface area contributed by atoms with E-state index in [-0.39, 0.29) is 4.83 Å². The van der Waals surface area contributed by atoms with Crippen LogP contribution in [0.2, 0.25) is 0 Å². The molecule has 1 saturated heterocycles. The molecule has 2 nitrogen and oxygen atoms in total. The fourth-order valence-electron chi connectivity index (χ4n) is 2.13. The number of hydrogen-bond donors (Lipinski definition) is 0. The van der Waals surface area contributed by atoms with Gasteiger partial charge in [-0.1, -0.05) is 55.5 Å². The number of rotatable bonds is 7. The van der Waals surface area contributed by atoms with Crippen molar-refractivity contribution < 1.29 is 4.79 Å². The summed E-state index contributed by atoms with van der Waals surface area (Å²) in [6, 6.07) is 0. The summed E-state index contributed by atoms with van der Waals surface area (Å²) in [4.78, 5) is 13.7. The Labute approximate surface area is 108 Å². The zero-order chi connectivity index (χ0) is 12.0. The molecule has 1 heterocycles. The van der Waals surface area contributed by atoms with Crippen LogP contribution in [0.3, 0.4) is 0 Å². The molecule has 0 saturated carbocycles. The lowest BCUT2D eigenvalue weighted by Gasteiger charge is -2.15. The predicted molar refractivity (Wildman–Crippen MR) is 71.8 cm³/mol. The molecule has 1 fully saturated rings. The Morgan fingerprint density at radius 3 is 2.56 bits per heavy atom. The first kappa shape index (κ1) is 14.0. The van der Waals surface area contributed by atoms with E-state index in [0.29, 0.717) is 5.91 Å². The van der Waals surface area contributed by atoms with Crippen molar-refractivity contribution in [1.82, 2.24) is 4.90 Å². The highest BCUT2D eigenvalue weighted by Crippen LogP contribution is 2.19. The van der Waals surface area contributed by atoms with Crippen LogP contribution in [0.5, 0.6) is 0 Å². The number of halogens is 1. The van der Waals surface area contributed by atoms with Gasteiger partial charge in [-0.15, -0.1) is 0 Å². The third-order valence-electron chi connectivity index (χ3n) is 3.19. The minimum absolute atomic E-state index is 0.0911. The Hall–Kier alpha value is -0.0500. The summed E-state index contributed by atoms with van der Waals surface area (Å²) in [6.45, 7) is 6.46.